The van der Waals surface area contributed by atoms with Crippen molar-refractivity contribution in [2.75, 3.05) is 34.3 Å². The Morgan fingerprint density at radius 2 is 1.29 bits per heavy atom. The van der Waals surface area contributed by atoms with E-state index in [-0.39, 0.29) is 12.4 Å². The third kappa shape index (κ3) is 33.9. The molecular weight excluding hydrogens is 485 g/mol. The molecule has 0 aliphatic heterocycles. The van der Waals surface area contributed by atoms with Crippen LogP contribution in [-0.2, 0) is 9.09 Å². The van der Waals surface area contributed by atoms with Gasteiger partial charge in [0.2, 0.25) is 0 Å². The summed E-state index contributed by atoms with van der Waals surface area (Å²) in [6.45, 7) is 5.25. The molecule has 3 atom stereocenters. The summed E-state index contributed by atoms with van der Waals surface area (Å²) in [5, 5.41) is 18.5. The second-order valence-electron chi connectivity index (χ2n) is 10.4. The maximum Gasteiger partial charge on any atom is 0.488 e. The van der Waals surface area contributed by atoms with Gasteiger partial charge in [-0.05, 0) is 43.1 Å². The van der Waals surface area contributed by atoms with E-state index in [4.69, 9.17) is 5.11 Å². The molecule has 0 rings (SSSR count). The molecule has 6 nitrogen and oxygen atoms in total. The first-order valence-electron chi connectivity index (χ1n) is 13.7. The molecular formula is C27H57ClNO5P. The summed E-state index contributed by atoms with van der Waals surface area (Å²) in [6.07, 6.45) is 21.4. The van der Waals surface area contributed by atoms with Crippen LogP contribution in [0, 0.1) is 0 Å². The lowest BCUT2D eigenvalue weighted by Gasteiger charge is -2.22. The van der Waals surface area contributed by atoms with E-state index in [0.29, 0.717) is 6.42 Å². The summed E-state index contributed by atoms with van der Waals surface area (Å²) in [6, 6.07) is 0. The molecule has 0 aliphatic rings. The zero-order chi connectivity index (χ0) is 26.1. The Kier molecular flexibility index (Phi) is 32.1. The summed E-state index contributed by atoms with van der Waals surface area (Å²) in [4.78, 5) is 10.6. The van der Waals surface area contributed by atoms with E-state index in [2.05, 4.69) is 51.7 Å². The lowest BCUT2D eigenvalue weighted by Crippen LogP contribution is -3.00. The lowest BCUT2D eigenvalue weighted by molar-refractivity contribution is -0.870. The van der Waals surface area contributed by atoms with Crippen LogP contribution in [0.1, 0.15) is 117 Å². The number of quaternary nitrogens is 1. The monoisotopic (exact) mass is 541 g/mol. The molecule has 212 valence electrons. The lowest BCUT2D eigenvalue weighted by atomic mass is 10.0. The maximum absolute atomic E-state index is 10.6. The van der Waals surface area contributed by atoms with Crippen LogP contribution < -0.4 is 17.3 Å². The molecule has 0 radical (unpaired) electrons. The van der Waals surface area contributed by atoms with Gasteiger partial charge in [0.1, 0.15) is 12.2 Å². The third-order valence-electron chi connectivity index (χ3n) is 5.73. The van der Waals surface area contributed by atoms with E-state index in [1.165, 1.54) is 77.2 Å². The minimum absolute atomic E-state index is 0. The number of hydrogen-bond donors (Lipinski definition) is 2. The molecule has 0 spiro atoms. The quantitative estimate of drug-likeness (QED) is 0.0950. The average molecular weight is 542 g/mol. The molecule has 0 aromatic carbocycles. The maximum atomic E-state index is 10.6. The van der Waals surface area contributed by atoms with E-state index in [1.54, 1.807) is 0 Å². The van der Waals surface area contributed by atoms with Crippen molar-refractivity contribution in [1.29, 1.82) is 0 Å². The van der Waals surface area contributed by atoms with Gasteiger partial charge in [-0.15, -0.1) is 4.52 Å². The van der Waals surface area contributed by atoms with Gasteiger partial charge in [-0.2, -0.15) is 0 Å². The molecule has 0 fully saturated rings. The van der Waals surface area contributed by atoms with Gasteiger partial charge in [-0.3, -0.25) is 0 Å². The molecule has 0 aliphatic carbocycles. The van der Waals surface area contributed by atoms with Crippen LogP contribution in [0.2, 0.25) is 0 Å². The van der Waals surface area contributed by atoms with Crippen LogP contribution in [0.15, 0.2) is 12.2 Å². The normalized spacial score (nSPS) is 13.7. The molecule has 0 aromatic heterocycles. The van der Waals surface area contributed by atoms with Crippen molar-refractivity contribution in [3.63, 3.8) is 0 Å². The van der Waals surface area contributed by atoms with Gasteiger partial charge in [0, 0.05) is 0 Å². The largest absolute Gasteiger partial charge is 1.00 e. The van der Waals surface area contributed by atoms with Crippen LogP contribution in [0.25, 0.3) is 0 Å². The van der Waals surface area contributed by atoms with Gasteiger partial charge in [0.15, 0.2) is 0 Å². The van der Waals surface area contributed by atoms with E-state index in [1.807, 2.05) is 0 Å². The van der Waals surface area contributed by atoms with Crippen molar-refractivity contribution in [1.82, 2.24) is 0 Å². The molecule has 0 aromatic rings. The van der Waals surface area contributed by atoms with Gasteiger partial charge >= 0.3 is 8.25 Å². The molecule has 2 N–H and O–H groups in total. The molecule has 3 unspecified atom stereocenters. The van der Waals surface area contributed by atoms with E-state index < -0.39 is 27.1 Å². The number of unbranched alkanes of at least 4 members (excludes halogenated alkanes) is 12. The summed E-state index contributed by atoms with van der Waals surface area (Å²) in [5.74, 6) is 0. The molecule has 0 heterocycles. The fourth-order valence-corrected chi connectivity index (χ4v) is 4.27. The van der Waals surface area contributed by atoms with Crippen molar-refractivity contribution in [2.45, 2.75) is 129 Å². The van der Waals surface area contributed by atoms with Crippen molar-refractivity contribution in [3.8, 4) is 0 Å². The van der Waals surface area contributed by atoms with Crippen molar-refractivity contribution < 1.29 is 41.1 Å². The smallest absolute Gasteiger partial charge is 0.488 e. The van der Waals surface area contributed by atoms with Crippen molar-refractivity contribution in [2.24, 2.45) is 0 Å². The molecule has 8 heteroatoms. The van der Waals surface area contributed by atoms with Gasteiger partial charge < -0.3 is 32.0 Å². The average Bonchev–Trinajstić information content (AvgIpc) is 2.76. The second-order valence-corrected chi connectivity index (χ2v) is 11.0. The van der Waals surface area contributed by atoms with E-state index >= 15 is 0 Å². The first kappa shape index (κ1) is 39.4. The highest BCUT2D eigenvalue weighted by Crippen LogP contribution is 2.21. The highest BCUT2D eigenvalue weighted by molar-refractivity contribution is 7.30. The number of allylic oxidation sites excluding steroid dienone is 2. The summed E-state index contributed by atoms with van der Waals surface area (Å²) < 4.78 is 16.4. The SMILES string of the molecule is CCCCCCCCC=CCCCCCCCCC(O[P+](=O)[O-])C(O)CO.CCC[N+](C)(C)C.[Cl-]. The van der Waals surface area contributed by atoms with Crippen LogP contribution in [0.3, 0.4) is 0 Å². The second kappa shape index (κ2) is 28.5. The summed E-state index contributed by atoms with van der Waals surface area (Å²) in [7, 11) is 3.64. The Balaban J connectivity index is -0.00000111. The van der Waals surface area contributed by atoms with Gasteiger partial charge in [-0.1, -0.05) is 90.2 Å². The van der Waals surface area contributed by atoms with Gasteiger partial charge in [0.25, 0.3) is 0 Å². The van der Waals surface area contributed by atoms with Gasteiger partial charge in [0.05, 0.1) is 34.3 Å². The first-order chi connectivity index (χ1) is 16.2. The first-order valence-corrected chi connectivity index (χ1v) is 14.8. The number of rotatable bonds is 22. The third-order valence-corrected chi connectivity index (χ3v) is 6.18. The minimum Gasteiger partial charge on any atom is -1.00 e. The van der Waals surface area contributed by atoms with Crippen LogP contribution in [-0.4, -0.2) is 61.2 Å². The molecule has 0 saturated heterocycles. The molecule has 0 amide bonds. The van der Waals surface area contributed by atoms with Crippen LogP contribution >= 0.6 is 8.25 Å². The van der Waals surface area contributed by atoms with Gasteiger partial charge in [-0.25, -0.2) is 0 Å². The number of nitrogens with zero attached hydrogens (tertiary/aromatic N) is 1. The predicted octanol–water partition coefficient (Wildman–Crippen LogP) is 3.28. The Bertz CT molecular complexity index is 475. The highest BCUT2D eigenvalue weighted by atomic mass is 35.5. The Morgan fingerprint density at radius 1 is 0.829 bits per heavy atom. The number of aliphatic hydroxyl groups excluding tert-OH is 2. The number of hydrogen-bond acceptors (Lipinski definition) is 5. The van der Waals surface area contributed by atoms with Crippen LogP contribution in [0.4, 0.5) is 0 Å². The fraction of sp³-hybridized carbons (Fsp3) is 0.926. The van der Waals surface area contributed by atoms with Crippen molar-refractivity contribution >= 4 is 8.25 Å². The summed E-state index contributed by atoms with van der Waals surface area (Å²) in [5.41, 5.74) is 0. The zero-order valence-electron chi connectivity index (χ0n) is 23.4. The Morgan fingerprint density at radius 3 is 1.66 bits per heavy atom. The Labute approximate surface area is 224 Å². The number of aliphatic hydroxyl groups is 2. The fourth-order valence-electron chi connectivity index (χ4n) is 3.81. The summed E-state index contributed by atoms with van der Waals surface area (Å²) >= 11 is 0. The molecule has 35 heavy (non-hydrogen) atoms. The minimum atomic E-state index is -3.00. The predicted molar refractivity (Wildman–Crippen MR) is 143 cm³/mol. The number of halogens is 1. The Hall–Kier alpha value is -0.0700. The zero-order valence-corrected chi connectivity index (χ0v) is 25.1. The topological polar surface area (TPSA) is 89.8 Å². The van der Waals surface area contributed by atoms with Crippen LogP contribution in [0.5, 0.6) is 0 Å². The highest BCUT2D eigenvalue weighted by Gasteiger charge is 2.24. The molecule has 0 saturated carbocycles. The van der Waals surface area contributed by atoms with E-state index in [9.17, 15) is 14.6 Å². The molecule has 0 bridgehead atoms. The van der Waals surface area contributed by atoms with E-state index in [0.717, 1.165) is 30.2 Å². The standard InChI is InChI=1S/C21H41O5P.C6H16N.ClH/c1-2-3-4-5-6-7-8-9-10-11-12-13-14-15-16-17-18-21(20(23)19-22)26-27(24)25;1-5-6-7(2,3)4;/h9-10,20-23H,2-8,11-19H2,1H3;5-6H2,1-4H3;1H/q;+1;/p-1. The van der Waals surface area contributed by atoms with Crippen molar-refractivity contribution in [3.05, 3.63) is 12.2 Å².